The summed E-state index contributed by atoms with van der Waals surface area (Å²) in [5.41, 5.74) is 3.74. The highest BCUT2D eigenvalue weighted by Crippen LogP contribution is 2.25. The molecule has 0 atom stereocenters. The van der Waals surface area contributed by atoms with E-state index < -0.39 is 0 Å². The summed E-state index contributed by atoms with van der Waals surface area (Å²) in [5, 5.41) is 17.3. The van der Waals surface area contributed by atoms with Crippen LogP contribution in [-0.2, 0) is 0 Å². The number of pyridine rings is 1. The quantitative estimate of drug-likeness (QED) is 0.541. The van der Waals surface area contributed by atoms with Gasteiger partial charge >= 0.3 is 0 Å². The van der Waals surface area contributed by atoms with Gasteiger partial charge in [0.1, 0.15) is 0 Å². The van der Waals surface area contributed by atoms with Crippen molar-refractivity contribution in [3.05, 3.63) is 60.8 Å². The van der Waals surface area contributed by atoms with Crippen molar-refractivity contribution in [2.24, 2.45) is 0 Å². The third-order valence-electron chi connectivity index (χ3n) is 3.55. The third-order valence-corrected chi connectivity index (χ3v) is 3.55. The van der Waals surface area contributed by atoms with Crippen molar-refractivity contribution >= 4 is 22.5 Å². The number of H-pyrrole nitrogens is 2. The average Bonchev–Trinajstić information content (AvgIpc) is 3.25. The maximum Gasteiger partial charge on any atom is 0.276 e. The van der Waals surface area contributed by atoms with Crippen molar-refractivity contribution in [1.82, 2.24) is 25.4 Å². The molecule has 7 nitrogen and oxygen atoms in total. The zero-order valence-electron chi connectivity index (χ0n) is 11.9. The van der Waals surface area contributed by atoms with E-state index in [2.05, 4.69) is 30.7 Å². The van der Waals surface area contributed by atoms with E-state index in [0.717, 1.165) is 22.0 Å². The molecule has 0 bridgehead atoms. The highest BCUT2D eigenvalue weighted by atomic mass is 16.1. The van der Waals surface area contributed by atoms with Gasteiger partial charge in [-0.1, -0.05) is 6.07 Å². The number of rotatable bonds is 3. The van der Waals surface area contributed by atoms with Gasteiger partial charge in [-0.25, -0.2) is 0 Å². The Morgan fingerprint density at radius 3 is 2.74 bits per heavy atom. The third kappa shape index (κ3) is 2.44. The van der Waals surface area contributed by atoms with Crippen LogP contribution in [0.3, 0.4) is 0 Å². The number of fused-ring (bicyclic) bond motifs is 1. The van der Waals surface area contributed by atoms with Crippen molar-refractivity contribution in [1.29, 1.82) is 0 Å². The number of benzene rings is 1. The van der Waals surface area contributed by atoms with Gasteiger partial charge in [-0.05, 0) is 29.8 Å². The van der Waals surface area contributed by atoms with Crippen molar-refractivity contribution in [2.75, 3.05) is 5.32 Å². The molecule has 7 heteroatoms. The number of hydrogen-bond donors (Lipinski definition) is 3. The lowest BCUT2D eigenvalue weighted by molar-refractivity contribution is 0.102. The molecule has 3 aromatic heterocycles. The van der Waals surface area contributed by atoms with Crippen LogP contribution in [0.15, 0.2) is 55.1 Å². The summed E-state index contributed by atoms with van der Waals surface area (Å²) >= 11 is 0. The van der Waals surface area contributed by atoms with Gasteiger partial charge in [0, 0.05) is 35.2 Å². The fraction of sp³-hybridized carbons (Fsp3) is 0. The Labute approximate surface area is 130 Å². The lowest BCUT2D eigenvalue weighted by Crippen LogP contribution is -2.12. The molecule has 0 aliphatic heterocycles. The van der Waals surface area contributed by atoms with E-state index in [1.807, 2.05) is 18.2 Å². The summed E-state index contributed by atoms with van der Waals surface area (Å²) in [6.07, 6.45) is 6.78. The predicted molar refractivity (Wildman–Crippen MR) is 85.9 cm³/mol. The topological polar surface area (TPSA) is 99.3 Å². The molecule has 0 saturated carbocycles. The van der Waals surface area contributed by atoms with Gasteiger partial charge in [-0.15, -0.1) is 0 Å². The van der Waals surface area contributed by atoms with Crippen LogP contribution < -0.4 is 5.32 Å². The number of anilines is 1. The highest BCUT2D eigenvalue weighted by Gasteiger charge is 2.15. The van der Waals surface area contributed by atoms with E-state index in [0.29, 0.717) is 11.4 Å². The molecule has 4 rings (SSSR count). The van der Waals surface area contributed by atoms with Gasteiger partial charge in [0.25, 0.3) is 5.91 Å². The molecule has 4 aromatic rings. The first-order valence-electron chi connectivity index (χ1n) is 7.00. The summed E-state index contributed by atoms with van der Waals surface area (Å²) in [5.74, 6) is -0.271. The fourth-order valence-electron chi connectivity index (χ4n) is 2.40. The highest BCUT2D eigenvalue weighted by molar-refractivity contribution is 6.11. The molecule has 0 aliphatic carbocycles. The van der Waals surface area contributed by atoms with Crippen LogP contribution in [0.5, 0.6) is 0 Å². The zero-order valence-corrected chi connectivity index (χ0v) is 11.9. The Morgan fingerprint density at radius 1 is 1.09 bits per heavy atom. The summed E-state index contributed by atoms with van der Waals surface area (Å²) in [6.45, 7) is 0. The second-order valence-electron chi connectivity index (χ2n) is 5.01. The van der Waals surface area contributed by atoms with Crippen LogP contribution in [0.25, 0.3) is 22.0 Å². The zero-order chi connectivity index (χ0) is 15.6. The number of amides is 1. The number of nitrogens with one attached hydrogen (secondary N) is 3. The van der Waals surface area contributed by atoms with Crippen LogP contribution in [0, 0.1) is 0 Å². The van der Waals surface area contributed by atoms with Crippen LogP contribution in [0.4, 0.5) is 5.69 Å². The number of carbonyl (C=O) groups excluding carboxylic acids is 1. The molecule has 0 radical (unpaired) electrons. The molecule has 1 amide bonds. The van der Waals surface area contributed by atoms with Crippen LogP contribution in [0.1, 0.15) is 10.5 Å². The van der Waals surface area contributed by atoms with Gasteiger partial charge < -0.3 is 5.32 Å². The number of carbonyl (C=O) groups is 1. The summed E-state index contributed by atoms with van der Waals surface area (Å²) in [6, 6.07) is 9.22. The number of aromatic nitrogens is 5. The summed E-state index contributed by atoms with van der Waals surface area (Å²) in [7, 11) is 0. The molecule has 1 aromatic carbocycles. The minimum atomic E-state index is -0.271. The normalized spacial score (nSPS) is 10.8. The lowest BCUT2D eigenvalue weighted by atomic mass is 10.1. The van der Waals surface area contributed by atoms with E-state index in [-0.39, 0.29) is 5.91 Å². The van der Waals surface area contributed by atoms with Gasteiger partial charge in [0.05, 0.1) is 11.7 Å². The molecule has 0 aliphatic rings. The first-order valence-corrected chi connectivity index (χ1v) is 7.00. The largest absolute Gasteiger partial charge is 0.320 e. The molecular weight excluding hydrogens is 292 g/mol. The van der Waals surface area contributed by atoms with E-state index in [1.54, 1.807) is 36.9 Å². The molecule has 3 N–H and O–H groups in total. The van der Waals surface area contributed by atoms with Gasteiger partial charge in [-0.2, -0.15) is 10.2 Å². The second kappa shape index (κ2) is 5.38. The van der Waals surface area contributed by atoms with E-state index in [9.17, 15) is 4.79 Å². The van der Waals surface area contributed by atoms with Crippen molar-refractivity contribution in [2.45, 2.75) is 0 Å². The minimum absolute atomic E-state index is 0.271. The predicted octanol–water partition coefficient (Wildman–Crippen LogP) is 2.60. The molecule has 23 heavy (non-hydrogen) atoms. The van der Waals surface area contributed by atoms with Crippen molar-refractivity contribution in [3.63, 3.8) is 0 Å². The molecular formula is C16H12N6O. The Kier molecular flexibility index (Phi) is 3.09. The van der Waals surface area contributed by atoms with E-state index in [4.69, 9.17) is 0 Å². The number of nitrogens with zero attached hydrogens (tertiary/aromatic N) is 3. The minimum Gasteiger partial charge on any atom is -0.320 e. The van der Waals surface area contributed by atoms with Gasteiger partial charge in [-0.3, -0.25) is 20.0 Å². The molecule has 0 saturated heterocycles. The van der Waals surface area contributed by atoms with Crippen molar-refractivity contribution < 1.29 is 4.79 Å². The van der Waals surface area contributed by atoms with Crippen LogP contribution >= 0.6 is 0 Å². The van der Waals surface area contributed by atoms with E-state index in [1.165, 1.54) is 0 Å². The smallest absolute Gasteiger partial charge is 0.276 e. The number of aromatic amines is 2. The summed E-state index contributed by atoms with van der Waals surface area (Å²) in [4.78, 5) is 16.4. The second-order valence-corrected chi connectivity index (χ2v) is 5.01. The Hall–Kier alpha value is -3.48. The van der Waals surface area contributed by atoms with Crippen LogP contribution in [0.2, 0.25) is 0 Å². The average molecular weight is 304 g/mol. The molecule has 0 unspecified atom stereocenters. The Bertz CT molecular complexity index is 959. The number of hydrogen-bond acceptors (Lipinski definition) is 4. The molecule has 0 fully saturated rings. The van der Waals surface area contributed by atoms with Gasteiger partial charge in [0.2, 0.25) is 0 Å². The Morgan fingerprint density at radius 2 is 1.96 bits per heavy atom. The maximum atomic E-state index is 12.5. The molecule has 112 valence electrons. The molecule has 3 heterocycles. The lowest BCUT2D eigenvalue weighted by Gasteiger charge is -2.03. The monoisotopic (exact) mass is 304 g/mol. The standard InChI is InChI=1S/C16H12N6O/c23-16(20-12-3-5-17-6-4-12)15-13-7-10(11-8-18-19-9-11)1-2-14(13)21-22-15/h1-9H,(H,18,19)(H,21,22)(H,17,20,23). The summed E-state index contributed by atoms with van der Waals surface area (Å²) < 4.78 is 0. The van der Waals surface area contributed by atoms with Gasteiger partial charge in [0.15, 0.2) is 5.69 Å². The maximum absolute atomic E-state index is 12.5. The first-order chi connectivity index (χ1) is 11.3. The van der Waals surface area contributed by atoms with Crippen LogP contribution in [-0.4, -0.2) is 31.3 Å². The first kappa shape index (κ1) is 13.2. The SMILES string of the molecule is O=C(Nc1ccncc1)c1n[nH]c2ccc(-c3cn[nH]c3)cc12. The Balaban J connectivity index is 1.72. The molecule has 0 spiro atoms. The fourth-order valence-corrected chi connectivity index (χ4v) is 2.40. The van der Waals surface area contributed by atoms with E-state index >= 15 is 0 Å². The van der Waals surface area contributed by atoms with Crippen molar-refractivity contribution in [3.8, 4) is 11.1 Å².